The van der Waals surface area contributed by atoms with Gasteiger partial charge in [0, 0.05) is 13.5 Å². The summed E-state index contributed by atoms with van der Waals surface area (Å²) >= 11 is 0. The van der Waals surface area contributed by atoms with E-state index in [9.17, 15) is 0 Å². The van der Waals surface area contributed by atoms with Crippen LogP contribution in [0.15, 0.2) is 47.1 Å². The summed E-state index contributed by atoms with van der Waals surface area (Å²) in [5.41, 5.74) is 2.59. The molecule has 1 aliphatic rings. The van der Waals surface area contributed by atoms with E-state index in [1.165, 1.54) is 0 Å². The first-order valence-electron chi connectivity index (χ1n) is 8.17. The molecule has 1 aliphatic heterocycles. The highest BCUT2D eigenvalue weighted by Crippen LogP contribution is 2.54. The van der Waals surface area contributed by atoms with Crippen molar-refractivity contribution in [1.29, 1.82) is 0 Å². The Balaban J connectivity index is 1.94. The van der Waals surface area contributed by atoms with E-state index in [2.05, 4.69) is 12.1 Å². The normalized spacial score (nSPS) is 19.3. The average Bonchev–Trinajstić information content (AvgIpc) is 3.16. The molecule has 2 atom stereocenters. The lowest BCUT2D eigenvalue weighted by atomic mass is 9.92. The Morgan fingerprint density at radius 2 is 1.72 bits per heavy atom. The van der Waals surface area contributed by atoms with Crippen LogP contribution in [0, 0.1) is 0 Å². The van der Waals surface area contributed by atoms with Crippen LogP contribution in [0.2, 0.25) is 0 Å². The molecule has 2 aromatic carbocycles. The minimum Gasteiger partial charge on any atom is -0.492 e. The van der Waals surface area contributed by atoms with Crippen LogP contribution in [0.4, 0.5) is 0 Å². The van der Waals surface area contributed by atoms with Crippen molar-refractivity contribution in [1.82, 2.24) is 0 Å². The minimum absolute atomic E-state index is 0.102. The molecule has 0 radical (unpaired) electrons. The Labute approximate surface area is 146 Å². The summed E-state index contributed by atoms with van der Waals surface area (Å²) in [5, 5.41) is 0.857. The van der Waals surface area contributed by atoms with Crippen molar-refractivity contribution in [3.8, 4) is 17.2 Å². The molecular formula is C20H20O5. The molecule has 0 spiro atoms. The summed E-state index contributed by atoms with van der Waals surface area (Å²) in [4.78, 5) is 0. The summed E-state index contributed by atoms with van der Waals surface area (Å²) in [6.07, 6.45) is 2.05. The average molecular weight is 340 g/mol. The molecule has 2 heterocycles. The van der Waals surface area contributed by atoms with E-state index < -0.39 is 0 Å². The van der Waals surface area contributed by atoms with Gasteiger partial charge in [-0.25, -0.2) is 0 Å². The smallest absolute Gasteiger partial charge is 0.205 e. The number of ether oxygens (including phenoxy) is 4. The number of methoxy groups -OCH3 is 3. The van der Waals surface area contributed by atoms with Gasteiger partial charge in [-0.2, -0.15) is 0 Å². The molecule has 0 saturated heterocycles. The molecule has 5 heteroatoms. The van der Waals surface area contributed by atoms with E-state index in [0.29, 0.717) is 23.5 Å². The molecule has 4 rings (SSSR count). The molecule has 25 heavy (non-hydrogen) atoms. The van der Waals surface area contributed by atoms with Crippen LogP contribution in [0.3, 0.4) is 0 Å². The Bertz CT molecular complexity index is 884. The molecule has 130 valence electrons. The van der Waals surface area contributed by atoms with Gasteiger partial charge >= 0.3 is 0 Å². The lowest BCUT2D eigenvalue weighted by molar-refractivity contribution is 0.0288. The van der Waals surface area contributed by atoms with Crippen molar-refractivity contribution in [2.24, 2.45) is 0 Å². The zero-order valence-electron chi connectivity index (χ0n) is 14.4. The quantitative estimate of drug-likeness (QED) is 0.691. The van der Waals surface area contributed by atoms with Gasteiger partial charge < -0.3 is 23.4 Å². The second-order valence-corrected chi connectivity index (χ2v) is 5.95. The summed E-state index contributed by atoms with van der Waals surface area (Å²) in [7, 11) is 4.92. The van der Waals surface area contributed by atoms with Crippen molar-refractivity contribution >= 4 is 11.0 Å². The van der Waals surface area contributed by atoms with Gasteiger partial charge in [0.2, 0.25) is 5.75 Å². The van der Waals surface area contributed by atoms with E-state index >= 15 is 0 Å². The maximum Gasteiger partial charge on any atom is 0.205 e. The van der Waals surface area contributed by atoms with E-state index in [4.69, 9.17) is 23.4 Å². The van der Waals surface area contributed by atoms with Crippen molar-refractivity contribution < 1.29 is 23.4 Å². The van der Waals surface area contributed by atoms with Gasteiger partial charge in [0.1, 0.15) is 11.9 Å². The Hall–Kier alpha value is -2.66. The van der Waals surface area contributed by atoms with Crippen molar-refractivity contribution in [2.75, 3.05) is 21.3 Å². The van der Waals surface area contributed by atoms with Crippen LogP contribution in [0.25, 0.3) is 11.0 Å². The third-order valence-electron chi connectivity index (χ3n) is 4.69. The molecule has 0 saturated carbocycles. The highest BCUT2D eigenvalue weighted by Gasteiger charge is 2.36. The molecular weight excluding hydrogens is 320 g/mol. The predicted molar refractivity (Wildman–Crippen MR) is 93.5 cm³/mol. The predicted octanol–water partition coefficient (Wildman–Crippen LogP) is 4.66. The minimum atomic E-state index is -0.169. The fourth-order valence-electron chi connectivity index (χ4n) is 3.53. The fourth-order valence-corrected chi connectivity index (χ4v) is 3.53. The third kappa shape index (κ3) is 2.43. The Morgan fingerprint density at radius 1 is 0.960 bits per heavy atom. The van der Waals surface area contributed by atoms with E-state index in [0.717, 1.165) is 22.3 Å². The molecule has 0 bridgehead atoms. The van der Waals surface area contributed by atoms with Crippen molar-refractivity contribution in [2.45, 2.75) is 18.6 Å². The van der Waals surface area contributed by atoms with E-state index in [1.54, 1.807) is 27.6 Å². The van der Waals surface area contributed by atoms with Gasteiger partial charge in [0.25, 0.3) is 0 Å². The van der Waals surface area contributed by atoms with Crippen LogP contribution < -0.4 is 14.2 Å². The van der Waals surface area contributed by atoms with Gasteiger partial charge in [0.05, 0.1) is 37.5 Å². The lowest BCUT2D eigenvalue weighted by Gasteiger charge is -2.33. The summed E-state index contributed by atoms with van der Waals surface area (Å²) in [6.45, 7) is 0. The van der Waals surface area contributed by atoms with Gasteiger partial charge in [-0.15, -0.1) is 0 Å². The first-order valence-corrected chi connectivity index (χ1v) is 8.17. The largest absolute Gasteiger partial charge is 0.492 e. The topological polar surface area (TPSA) is 50.1 Å². The highest BCUT2D eigenvalue weighted by atomic mass is 16.5. The number of furan rings is 1. The molecule has 0 fully saturated rings. The monoisotopic (exact) mass is 340 g/mol. The number of fused-ring (bicyclic) bond motifs is 3. The third-order valence-corrected chi connectivity index (χ3v) is 4.69. The first-order chi connectivity index (χ1) is 12.3. The summed E-state index contributed by atoms with van der Waals surface area (Å²) < 4.78 is 29.0. The number of rotatable bonds is 4. The summed E-state index contributed by atoms with van der Waals surface area (Å²) in [5.74, 6) is 1.89. The van der Waals surface area contributed by atoms with Crippen LogP contribution >= 0.6 is 0 Å². The molecule has 0 aliphatic carbocycles. The second kappa shape index (κ2) is 6.33. The lowest BCUT2D eigenvalue weighted by Crippen LogP contribution is -2.21. The zero-order valence-corrected chi connectivity index (χ0v) is 14.4. The van der Waals surface area contributed by atoms with Gasteiger partial charge in [-0.05, 0) is 11.6 Å². The Kier molecular flexibility index (Phi) is 4.01. The van der Waals surface area contributed by atoms with Crippen LogP contribution in [0.5, 0.6) is 17.2 Å². The zero-order chi connectivity index (χ0) is 17.4. The number of benzene rings is 2. The molecule has 3 aromatic rings. The first kappa shape index (κ1) is 15.8. The molecule has 5 nitrogen and oxygen atoms in total. The number of hydrogen-bond donors (Lipinski definition) is 0. The van der Waals surface area contributed by atoms with Crippen LogP contribution in [-0.4, -0.2) is 21.3 Å². The van der Waals surface area contributed by atoms with Gasteiger partial charge in [-0.1, -0.05) is 30.3 Å². The summed E-state index contributed by atoms with van der Waals surface area (Å²) in [6, 6.07) is 12.0. The van der Waals surface area contributed by atoms with Crippen LogP contribution in [-0.2, 0) is 4.74 Å². The maximum absolute atomic E-state index is 6.39. The second-order valence-electron chi connectivity index (χ2n) is 5.95. The van der Waals surface area contributed by atoms with E-state index in [1.807, 2.05) is 24.3 Å². The van der Waals surface area contributed by atoms with Gasteiger partial charge in [0.15, 0.2) is 11.3 Å². The molecule has 1 aromatic heterocycles. The number of hydrogen-bond acceptors (Lipinski definition) is 5. The molecule has 0 N–H and O–H groups in total. The molecule has 0 amide bonds. The van der Waals surface area contributed by atoms with Crippen molar-refractivity contribution in [3.05, 3.63) is 53.8 Å². The fraction of sp³-hybridized carbons (Fsp3) is 0.300. The highest BCUT2D eigenvalue weighted by molar-refractivity contribution is 5.94. The van der Waals surface area contributed by atoms with E-state index in [-0.39, 0.29) is 12.2 Å². The van der Waals surface area contributed by atoms with Crippen molar-refractivity contribution in [3.63, 3.8) is 0 Å². The maximum atomic E-state index is 6.39. The molecule has 0 unspecified atom stereocenters. The Morgan fingerprint density at radius 3 is 2.40 bits per heavy atom. The SMILES string of the molecule is COc1c2c(c3ccoc3c1OC)O[C@@H](c1ccccc1)C[C@@H]2OC. The van der Waals surface area contributed by atoms with Crippen LogP contribution in [0.1, 0.15) is 29.8 Å². The standard InChI is InChI=1S/C20H20O5/c1-21-15-11-14(12-7-5-4-6-8-12)25-17-13-9-10-24-18(13)20(23-3)19(22-2)16(15)17/h4-10,14-15H,11H2,1-3H3/t14-,15+/m1/s1. The van der Waals surface area contributed by atoms with Gasteiger partial charge in [-0.3, -0.25) is 0 Å².